The summed E-state index contributed by atoms with van der Waals surface area (Å²) in [5.74, 6) is 1.81. The van der Waals surface area contributed by atoms with E-state index in [4.69, 9.17) is 5.73 Å². The Morgan fingerprint density at radius 3 is 3.25 bits per heavy atom. The number of rotatable bonds is 3. The molecule has 0 saturated heterocycles. The van der Waals surface area contributed by atoms with Crippen LogP contribution in [0.4, 0.5) is 5.95 Å². The van der Waals surface area contributed by atoms with Gasteiger partial charge in [-0.05, 0) is 13.0 Å². The topological polar surface area (TPSA) is 68.8 Å². The second-order valence-corrected chi connectivity index (χ2v) is 2.89. The molecule has 1 aromatic rings. The predicted molar refractivity (Wildman–Crippen MR) is 45.9 cm³/mol. The van der Waals surface area contributed by atoms with E-state index in [1.807, 2.05) is 4.68 Å². The molecule has 0 fully saturated rings. The molecule has 1 aromatic heterocycles. The molecule has 3 N–H and O–H groups in total. The van der Waals surface area contributed by atoms with E-state index in [-0.39, 0.29) is 0 Å². The van der Waals surface area contributed by atoms with E-state index in [9.17, 15) is 0 Å². The normalized spacial score (nSPS) is 14.4. The van der Waals surface area contributed by atoms with Crippen LogP contribution < -0.4 is 11.1 Å². The molecule has 1 aliphatic heterocycles. The van der Waals surface area contributed by atoms with Crippen LogP contribution in [0.3, 0.4) is 0 Å². The van der Waals surface area contributed by atoms with Crippen LogP contribution in [0.15, 0.2) is 0 Å². The Labute approximate surface area is 71.0 Å². The lowest BCUT2D eigenvalue weighted by Crippen LogP contribution is -2.03. The van der Waals surface area contributed by atoms with Gasteiger partial charge in [0.25, 0.3) is 0 Å². The van der Waals surface area contributed by atoms with Gasteiger partial charge in [0.05, 0.1) is 6.54 Å². The van der Waals surface area contributed by atoms with Crippen molar-refractivity contribution in [3.8, 4) is 0 Å². The maximum absolute atomic E-state index is 5.39. The van der Waals surface area contributed by atoms with E-state index >= 15 is 0 Å². The Bertz CT molecular complexity index is 245. The molecule has 5 heteroatoms. The molecule has 0 saturated carbocycles. The number of nitrogens with two attached hydrogens (primary N) is 1. The van der Waals surface area contributed by atoms with Crippen molar-refractivity contribution in [2.24, 2.45) is 5.73 Å². The first-order valence-corrected chi connectivity index (χ1v) is 4.28. The SMILES string of the molecule is NCCCc1nc2n(n1)CCN2. The van der Waals surface area contributed by atoms with Gasteiger partial charge in [0.2, 0.25) is 5.95 Å². The molecule has 2 heterocycles. The standard InChI is InChI=1S/C7H13N5/c8-3-1-2-6-10-7-9-4-5-12(7)11-6/h1-5,8H2,(H,9,10,11). The summed E-state index contributed by atoms with van der Waals surface area (Å²) in [4.78, 5) is 4.31. The van der Waals surface area contributed by atoms with Gasteiger partial charge in [-0.2, -0.15) is 10.1 Å². The third-order valence-corrected chi connectivity index (χ3v) is 1.93. The molecular weight excluding hydrogens is 154 g/mol. The zero-order valence-corrected chi connectivity index (χ0v) is 6.95. The highest BCUT2D eigenvalue weighted by molar-refractivity contribution is 5.28. The smallest absolute Gasteiger partial charge is 0.221 e. The highest BCUT2D eigenvalue weighted by Crippen LogP contribution is 2.10. The van der Waals surface area contributed by atoms with Crippen molar-refractivity contribution in [2.45, 2.75) is 19.4 Å². The lowest BCUT2D eigenvalue weighted by Gasteiger charge is -1.91. The highest BCUT2D eigenvalue weighted by Gasteiger charge is 2.13. The van der Waals surface area contributed by atoms with Crippen LogP contribution in [-0.4, -0.2) is 27.9 Å². The maximum atomic E-state index is 5.39. The minimum absolute atomic E-state index is 0.706. The Balaban J connectivity index is 2.05. The van der Waals surface area contributed by atoms with Crippen molar-refractivity contribution in [1.82, 2.24) is 14.8 Å². The lowest BCUT2D eigenvalue weighted by atomic mass is 10.3. The Kier molecular flexibility index (Phi) is 1.95. The predicted octanol–water partition coefficient (Wildman–Crippen LogP) is -0.405. The number of fused-ring (bicyclic) bond motifs is 1. The fourth-order valence-electron chi connectivity index (χ4n) is 1.32. The highest BCUT2D eigenvalue weighted by atomic mass is 15.4. The molecule has 0 spiro atoms. The summed E-state index contributed by atoms with van der Waals surface area (Å²) in [6.07, 6.45) is 1.85. The van der Waals surface area contributed by atoms with Crippen LogP contribution in [0.5, 0.6) is 0 Å². The molecule has 0 bridgehead atoms. The third-order valence-electron chi connectivity index (χ3n) is 1.93. The van der Waals surface area contributed by atoms with Gasteiger partial charge in [-0.1, -0.05) is 0 Å². The van der Waals surface area contributed by atoms with Crippen LogP contribution >= 0.6 is 0 Å². The van der Waals surface area contributed by atoms with Gasteiger partial charge in [-0.25, -0.2) is 4.68 Å². The summed E-state index contributed by atoms with van der Waals surface area (Å²) in [6, 6.07) is 0. The quantitative estimate of drug-likeness (QED) is 0.642. The van der Waals surface area contributed by atoms with Crippen molar-refractivity contribution in [3.05, 3.63) is 5.82 Å². The number of hydrogen-bond acceptors (Lipinski definition) is 4. The molecule has 66 valence electrons. The summed E-state index contributed by atoms with van der Waals surface area (Å²) in [5, 5.41) is 7.47. The van der Waals surface area contributed by atoms with E-state index < -0.39 is 0 Å². The number of anilines is 1. The number of nitrogens with one attached hydrogen (secondary N) is 1. The lowest BCUT2D eigenvalue weighted by molar-refractivity contribution is 0.668. The zero-order valence-electron chi connectivity index (χ0n) is 6.95. The molecule has 0 unspecified atom stereocenters. The fraction of sp³-hybridized carbons (Fsp3) is 0.714. The third kappa shape index (κ3) is 1.27. The van der Waals surface area contributed by atoms with Crippen molar-refractivity contribution >= 4 is 5.95 Å². The number of aryl methyl sites for hydroxylation is 1. The van der Waals surface area contributed by atoms with Gasteiger partial charge in [-0.15, -0.1) is 0 Å². The summed E-state index contributed by atoms with van der Waals surface area (Å²) in [7, 11) is 0. The fourth-order valence-corrected chi connectivity index (χ4v) is 1.32. The Morgan fingerprint density at radius 1 is 1.58 bits per heavy atom. The second kappa shape index (κ2) is 3.10. The number of hydrogen-bond donors (Lipinski definition) is 2. The number of nitrogens with zero attached hydrogens (tertiary/aromatic N) is 3. The molecule has 2 rings (SSSR count). The molecule has 0 aromatic carbocycles. The summed E-state index contributed by atoms with van der Waals surface area (Å²) < 4.78 is 1.91. The minimum Gasteiger partial charge on any atom is -0.353 e. The first kappa shape index (κ1) is 7.54. The second-order valence-electron chi connectivity index (χ2n) is 2.89. The van der Waals surface area contributed by atoms with Crippen LogP contribution in [0, 0.1) is 0 Å². The Morgan fingerprint density at radius 2 is 2.50 bits per heavy atom. The van der Waals surface area contributed by atoms with Gasteiger partial charge in [-0.3, -0.25) is 0 Å². The van der Waals surface area contributed by atoms with Crippen molar-refractivity contribution < 1.29 is 0 Å². The van der Waals surface area contributed by atoms with Crippen LogP contribution in [0.25, 0.3) is 0 Å². The van der Waals surface area contributed by atoms with Gasteiger partial charge in [0, 0.05) is 13.0 Å². The molecule has 0 radical (unpaired) electrons. The first-order chi connectivity index (χ1) is 5.90. The van der Waals surface area contributed by atoms with E-state index in [1.54, 1.807) is 0 Å². The molecule has 1 aliphatic rings. The minimum atomic E-state index is 0.706. The van der Waals surface area contributed by atoms with Gasteiger partial charge < -0.3 is 11.1 Å². The molecule has 0 atom stereocenters. The summed E-state index contributed by atoms with van der Waals surface area (Å²) >= 11 is 0. The van der Waals surface area contributed by atoms with Crippen molar-refractivity contribution in [2.75, 3.05) is 18.4 Å². The van der Waals surface area contributed by atoms with Crippen LogP contribution in [0.1, 0.15) is 12.2 Å². The molecular formula is C7H13N5. The van der Waals surface area contributed by atoms with Crippen LogP contribution in [0.2, 0.25) is 0 Å². The zero-order chi connectivity index (χ0) is 8.39. The van der Waals surface area contributed by atoms with Gasteiger partial charge >= 0.3 is 0 Å². The first-order valence-electron chi connectivity index (χ1n) is 4.28. The maximum Gasteiger partial charge on any atom is 0.221 e. The monoisotopic (exact) mass is 167 g/mol. The van der Waals surface area contributed by atoms with E-state index in [2.05, 4.69) is 15.4 Å². The molecule has 0 aliphatic carbocycles. The average molecular weight is 167 g/mol. The molecule has 5 nitrogen and oxygen atoms in total. The average Bonchev–Trinajstić information content (AvgIpc) is 2.58. The number of aromatic nitrogens is 3. The van der Waals surface area contributed by atoms with Crippen molar-refractivity contribution in [3.63, 3.8) is 0 Å². The summed E-state index contributed by atoms with van der Waals surface area (Å²) in [5.41, 5.74) is 5.39. The van der Waals surface area contributed by atoms with Crippen molar-refractivity contribution in [1.29, 1.82) is 0 Å². The van der Waals surface area contributed by atoms with E-state index in [0.29, 0.717) is 6.54 Å². The van der Waals surface area contributed by atoms with Crippen LogP contribution in [-0.2, 0) is 13.0 Å². The molecule has 12 heavy (non-hydrogen) atoms. The van der Waals surface area contributed by atoms with Gasteiger partial charge in [0.15, 0.2) is 5.82 Å². The Hall–Kier alpha value is -1.10. The largest absolute Gasteiger partial charge is 0.353 e. The molecule has 0 amide bonds. The summed E-state index contributed by atoms with van der Waals surface area (Å²) in [6.45, 7) is 2.59. The van der Waals surface area contributed by atoms with Gasteiger partial charge in [0.1, 0.15) is 0 Å². The van der Waals surface area contributed by atoms with E-state index in [0.717, 1.165) is 37.7 Å². The van der Waals surface area contributed by atoms with E-state index in [1.165, 1.54) is 0 Å².